The summed E-state index contributed by atoms with van der Waals surface area (Å²) in [7, 11) is 0. The Hall–Kier alpha value is -0.770. The molecule has 0 atom stereocenters. The highest BCUT2D eigenvalue weighted by molar-refractivity contribution is 5.67. The highest BCUT2D eigenvalue weighted by Gasteiger charge is 2.09. The molecule has 0 heterocycles. The van der Waals surface area contributed by atoms with Crippen molar-refractivity contribution in [1.29, 1.82) is 0 Å². The minimum atomic E-state index is -0.204. The summed E-state index contributed by atoms with van der Waals surface area (Å²) in [4.78, 5) is 13.1. The maximum absolute atomic E-state index is 11.4. The zero-order valence-electron chi connectivity index (χ0n) is 10.4. The van der Waals surface area contributed by atoms with Crippen LogP contribution in [-0.4, -0.2) is 43.3 Å². The van der Waals surface area contributed by atoms with Gasteiger partial charge in [-0.05, 0) is 26.8 Å². The van der Waals surface area contributed by atoms with Crippen LogP contribution in [0.15, 0.2) is 0 Å². The molecular weight excluding hydrogens is 192 g/mol. The fourth-order valence-corrected chi connectivity index (χ4v) is 1.20. The molecule has 4 heteroatoms. The van der Waals surface area contributed by atoms with E-state index in [1.54, 1.807) is 4.90 Å². The van der Waals surface area contributed by atoms with E-state index in [-0.39, 0.29) is 6.09 Å². The third kappa shape index (κ3) is 7.19. The van der Waals surface area contributed by atoms with Gasteiger partial charge in [0, 0.05) is 19.1 Å². The molecule has 0 spiro atoms. The fourth-order valence-electron chi connectivity index (χ4n) is 1.20. The van der Waals surface area contributed by atoms with Gasteiger partial charge in [0.05, 0.1) is 6.61 Å². The summed E-state index contributed by atoms with van der Waals surface area (Å²) in [6.07, 6.45) is 0.662. The average molecular weight is 216 g/mol. The summed E-state index contributed by atoms with van der Waals surface area (Å²) in [6.45, 7) is 10.9. The quantitative estimate of drug-likeness (QED) is 0.660. The van der Waals surface area contributed by atoms with Crippen molar-refractivity contribution < 1.29 is 9.53 Å². The molecule has 15 heavy (non-hydrogen) atoms. The molecule has 1 N–H and O–H groups in total. The van der Waals surface area contributed by atoms with Crippen molar-refractivity contribution >= 4 is 6.09 Å². The van der Waals surface area contributed by atoms with Crippen LogP contribution in [0, 0.1) is 0 Å². The lowest BCUT2D eigenvalue weighted by Crippen LogP contribution is -2.32. The summed E-state index contributed by atoms with van der Waals surface area (Å²) >= 11 is 0. The van der Waals surface area contributed by atoms with Gasteiger partial charge in [-0.2, -0.15) is 0 Å². The molecule has 0 aliphatic heterocycles. The van der Waals surface area contributed by atoms with E-state index in [0.29, 0.717) is 25.7 Å². The van der Waals surface area contributed by atoms with E-state index in [4.69, 9.17) is 4.74 Å². The Labute approximate surface area is 93.0 Å². The van der Waals surface area contributed by atoms with Gasteiger partial charge in [0.2, 0.25) is 0 Å². The first kappa shape index (κ1) is 14.2. The standard InChI is InChI=1S/C11H24N2O2/c1-5-13(6-2)11(14)15-9-7-8-12-10(3)4/h10,12H,5-9H2,1-4H3. The van der Waals surface area contributed by atoms with Gasteiger partial charge in [-0.1, -0.05) is 13.8 Å². The van der Waals surface area contributed by atoms with Gasteiger partial charge in [-0.15, -0.1) is 0 Å². The molecular formula is C11H24N2O2. The number of hydrogen-bond donors (Lipinski definition) is 1. The monoisotopic (exact) mass is 216 g/mol. The van der Waals surface area contributed by atoms with Crippen LogP contribution in [0.4, 0.5) is 4.79 Å². The number of rotatable bonds is 7. The van der Waals surface area contributed by atoms with E-state index in [9.17, 15) is 4.79 Å². The van der Waals surface area contributed by atoms with E-state index >= 15 is 0 Å². The summed E-state index contributed by atoms with van der Waals surface area (Å²) in [6, 6.07) is 0.489. The Balaban J connectivity index is 3.46. The van der Waals surface area contributed by atoms with E-state index in [1.165, 1.54) is 0 Å². The van der Waals surface area contributed by atoms with Crippen LogP contribution in [0.25, 0.3) is 0 Å². The molecule has 4 nitrogen and oxygen atoms in total. The first-order chi connectivity index (χ1) is 7.11. The largest absolute Gasteiger partial charge is 0.449 e. The molecule has 0 radical (unpaired) electrons. The second kappa shape index (κ2) is 8.53. The Bertz CT molecular complexity index is 168. The molecule has 0 aliphatic carbocycles. The number of nitrogens with zero attached hydrogens (tertiary/aromatic N) is 1. The number of nitrogens with one attached hydrogen (secondary N) is 1. The number of hydrogen-bond acceptors (Lipinski definition) is 3. The Morgan fingerprint density at radius 3 is 2.40 bits per heavy atom. The van der Waals surface area contributed by atoms with Gasteiger partial charge in [0.15, 0.2) is 0 Å². The maximum atomic E-state index is 11.4. The highest BCUT2D eigenvalue weighted by Crippen LogP contribution is 1.94. The van der Waals surface area contributed by atoms with Gasteiger partial charge in [0.1, 0.15) is 0 Å². The zero-order chi connectivity index (χ0) is 11.7. The molecule has 0 fully saturated rings. The second-order valence-electron chi connectivity index (χ2n) is 3.75. The van der Waals surface area contributed by atoms with Gasteiger partial charge in [-0.25, -0.2) is 4.79 Å². The van der Waals surface area contributed by atoms with Crippen LogP contribution in [0.1, 0.15) is 34.1 Å². The third-order valence-electron chi connectivity index (χ3n) is 2.12. The van der Waals surface area contributed by atoms with Crippen LogP contribution >= 0.6 is 0 Å². The lowest BCUT2D eigenvalue weighted by Gasteiger charge is -2.18. The topological polar surface area (TPSA) is 41.6 Å². The summed E-state index contributed by atoms with van der Waals surface area (Å²) < 4.78 is 5.11. The second-order valence-corrected chi connectivity index (χ2v) is 3.75. The van der Waals surface area contributed by atoms with E-state index in [1.807, 2.05) is 13.8 Å². The van der Waals surface area contributed by atoms with Crippen molar-refractivity contribution in [2.45, 2.75) is 40.2 Å². The molecule has 0 unspecified atom stereocenters. The lowest BCUT2D eigenvalue weighted by atomic mass is 10.3. The third-order valence-corrected chi connectivity index (χ3v) is 2.12. The van der Waals surface area contributed by atoms with Gasteiger partial charge >= 0.3 is 6.09 Å². The van der Waals surface area contributed by atoms with Gasteiger partial charge in [-0.3, -0.25) is 0 Å². The number of amides is 1. The molecule has 0 aliphatic rings. The molecule has 0 saturated heterocycles. The molecule has 0 aromatic rings. The smallest absolute Gasteiger partial charge is 0.409 e. The van der Waals surface area contributed by atoms with Crippen molar-refractivity contribution in [1.82, 2.24) is 10.2 Å². The van der Waals surface area contributed by atoms with Gasteiger partial charge in [0.25, 0.3) is 0 Å². The first-order valence-electron chi connectivity index (χ1n) is 5.76. The molecule has 0 aromatic carbocycles. The number of carbonyl (C=O) groups excluding carboxylic acids is 1. The van der Waals surface area contributed by atoms with Crippen LogP contribution in [-0.2, 0) is 4.74 Å². The lowest BCUT2D eigenvalue weighted by molar-refractivity contribution is 0.105. The van der Waals surface area contributed by atoms with Crippen LogP contribution < -0.4 is 5.32 Å². The van der Waals surface area contributed by atoms with Crippen molar-refractivity contribution in [3.05, 3.63) is 0 Å². The zero-order valence-corrected chi connectivity index (χ0v) is 10.4. The predicted molar refractivity (Wildman–Crippen MR) is 62.0 cm³/mol. The predicted octanol–water partition coefficient (Wildman–Crippen LogP) is 1.85. The van der Waals surface area contributed by atoms with Crippen molar-refractivity contribution in [2.24, 2.45) is 0 Å². The number of ether oxygens (including phenoxy) is 1. The van der Waals surface area contributed by atoms with Crippen molar-refractivity contribution in [3.63, 3.8) is 0 Å². The first-order valence-corrected chi connectivity index (χ1v) is 5.76. The SMILES string of the molecule is CCN(CC)C(=O)OCCCNC(C)C. The summed E-state index contributed by atoms with van der Waals surface area (Å²) in [5.41, 5.74) is 0. The van der Waals surface area contributed by atoms with E-state index in [0.717, 1.165) is 13.0 Å². The minimum absolute atomic E-state index is 0.204. The Morgan fingerprint density at radius 2 is 1.93 bits per heavy atom. The Kier molecular flexibility index (Phi) is 8.09. The van der Waals surface area contributed by atoms with Crippen LogP contribution in [0.2, 0.25) is 0 Å². The average Bonchev–Trinajstić information content (AvgIpc) is 2.18. The van der Waals surface area contributed by atoms with Crippen LogP contribution in [0.3, 0.4) is 0 Å². The normalized spacial score (nSPS) is 10.5. The summed E-state index contributed by atoms with van der Waals surface area (Å²) in [5.74, 6) is 0. The minimum Gasteiger partial charge on any atom is -0.449 e. The van der Waals surface area contributed by atoms with E-state index < -0.39 is 0 Å². The summed E-state index contributed by atoms with van der Waals surface area (Å²) in [5, 5.41) is 3.27. The number of carbonyl (C=O) groups is 1. The fraction of sp³-hybridized carbons (Fsp3) is 0.909. The Morgan fingerprint density at radius 1 is 1.33 bits per heavy atom. The highest BCUT2D eigenvalue weighted by atomic mass is 16.6. The maximum Gasteiger partial charge on any atom is 0.409 e. The molecule has 1 amide bonds. The van der Waals surface area contributed by atoms with Gasteiger partial charge < -0.3 is 15.0 Å². The van der Waals surface area contributed by atoms with Crippen molar-refractivity contribution in [2.75, 3.05) is 26.2 Å². The molecule has 0 bridgehead atoms. The van der Waals surface area contributed by atoms with Crippen LogP contribution in [0.5, 0.6) is 0 Å². The van der Waals surface area contributed by atoms with Crippen molar-refractivity contribution in [3.8, 4) is 0 Å². The molecule has 0 saturated carbocycles. The molecule has 90 valence electrons. The molecule has 0 aromatic heterocycles. The molecule has 0 rings (SSSR count). The van der Waals surface area contributed by atoms with E-state index in [2.05, 4.69) is 19.2 Å².